The molecule has 0 aliphatic carbocycles. The highest BCUT2D eigenvalue weighted by atomic mass is 32.2. The van der Waals surface area contributed by atoms with Crippen LogP contribution in [-0.4, -0.2) is 29.4 Å². The molecule has 1 aromatic rings. The fraction of sp³-hybridized carbons (Fsp3) is 0.538. The number of thioether (sulfide) groups is 1. The van der Waals surface area contributed by atoms with Crippen LogP contribution in [0, 0.1) is 0 Å². The number of aromatic nitrogens is 1. The number of pyridine rings is 1. The number of esters is 1. The third-order valence-corrected chi connectivity index (χ3v) is 2.98. The van der Waals surface area contributed by atoms with Crippen molar-refractivity contribution < 1.29 is 14.3 Å². The molecule has 0 radical (unpaired) electrons. The van der Waals surface area contributed by atoms with Crippen molar-refractivity contribution in [2.75, 3.05) is 18.6 Å². The molecule has 0 atom stereocenters. The Hall–Kier alpha value is -1.43. The van der Waals surface area contributed by atoms with E-state index >= 15 is 0 Å². The van der Waals surface area contributed by atoms with Crippen molar-refractivity contribution in [3.63, 3.8) is 0 Å². The van der Waals surface area contributed by atoms with Gasteiger partial charge in [-0.15, -0.1) is 11.8 Å². The summed E-state index contributed by atoms with van der Waals surface area (Å²) in [5.74, 6) is 0.808. The van der Waals surface area contributed by atoms with Crippen molar-refractivity contribution in [2.24, 2.45) is 0 Å². The van der Waals surface area contributed by atoms with Gasteiger partial charge in [0.05, 0.1) is 19.2 Å². The van der Waals surface area contributed by atoms with Gasteiger partial charge >= 0.3 is 5.97 Å². The van der Waals surface area contributed by atoms with E-state index in [-0.39, 0.29) is 11.6 Å². The Labute approximate surface area is 117 Å². The summed E-state index contributed by atoms with van der Waals surface area (Å²) in [5.41, 5.74) is 5.98. The summed E-state index contributed by atoms with van der Waals surface area (Å²) in [6.07, 6.45) is 0.350. The van der Waals surface area contributed by atoms with Gasteiger partial charge in [0.1, 0.15) is 10.6 Å². The molecule has 1 rings (SSSR count). The number of hydrogen-bond acceptors (Lipinski definition) is 6. The highest BCUT2D eigenvalue weighted by Gasteiger charge is 2.15. The first-order valence-electron chi connectivity index (χ1n) is 5.97. The molecule has 6 heteroatoms. The molecule has 1 heterocycles. The van der Waals surface area contributed by atoms with E-state index in [2.05, 4.69) is 9.72 Å². The van der Waals surface area contributed by atoms with Crippen molar-refractivity contribution in [3.8, 4) is 5.88 Å². The lowest BCUT2D eigenvalue weighted by Crippen LogP contribution is -2.24. The lowest BCUT2D eigenvalue weighted by molar-refractivity contribution is -0.140. The van der Waals surface area contributed by atoms with Gasteiger partial charge in [-0.25, -0.2) is 4.98 Å². The fourth-order valence-electron chi connectivity index (χ4n) is 1.23. The normalized spacial score (nSPS) is 11.2. The van der Waals surface area contributed by atoms with Gasteiger partial charge in [0, 0.05) is 5.75 Å². The number of anilines is 1. The van der Waals surface area contributed by atoms with E-state index < -0.39 is 0 Å². The molecule has 2 N–H and O–H groups in total. The summed E-state index contributed by atoms with van der Waals surface area (Å²) in [7, 11) is 1.38. The van der Waals surface area contributed by atoms with Gasteiger partial charge in [-0.05, 0) is 32.9 Å². The number of nitrogen functional groups attached to an aromatic ring is 1. The number of carbonyl (C=O) groups excluding carboxylic acids is 1. The molecule has 0 bridgehead atoms. The second-order valence-electron chi connectivity index (χ2n) is 4.93. The van der Waals surface area contributed by atoms with E-state index in [9.17, 15) is 4.79 Å². The fourth-order valence-corrected chi connectivity index (χ4v) is 2.02. The largest absolute Gasteiger partial charge is 0.470 e. The Bertz CT molecular complexity index is 444. The minimum Gasteiger partial charge on any atom is -0.470 e. The Morgan fingerprint density at radius 3 is 2.68 bits per heavy atom. The number of ether oxygens (including phenoxy) is 2. The lowest BCUT2D eigenvalue weighted by atomic mass is 10.2. The summed E-state index contributed by atoms with van der Waals surface area (Å²) in [5, 5.41) is 0.775. The van der Waals surface area contributed by atoms with Gasteiger partial charge < -0.3 is 15.2 Å². The third kappa shape index (κ3) is 5.83. The zero-order valence-corrected chi connectivity index (χ0v) is 12.5. The lowest BCUT2D eigenvalue weighted by Gasteiger charge is -2.21. The second kappa shape index (κ2) is 6.65. The van der Waals surface area contributed by atoms with Crippen LogP contribution < -0.4 is 10.5 Å². The van der Waals surface area contributed by atoms with Crippen LogP contribution in [0.4, 0.5) is 5.69 Å². The van der Waals surface area contributed by atoms with Gasteiger partial charge in [-0.1, -0.05) is 0 Å². The number of methoxy groups -OCH3 is 1. The average Bonchev–Trinajstić information content (AvgIpc) is 2.31. The highest BCUT2D eigenvalue weighted by molar-refractivity contribution is 7.99. The van der Waals surface area contributed by atoms with Gasteiger partial charge in [-0.3, -0.25) is 4.79 Å². The summed E-state index contributed by atoms with van der Waals surface area (Å²) in [6.45, 7) is 5.81. The number of hydrogen-bond donors (Lipinski definition) is 1. The monoisotopic (exact) mass is 284 g/mol. The quantitative estimate of drug-likeness (QED) is 0.661. The molecule has 5 nitrogen and oxygen atoms in total. The van der Waals surface area contributed by atoms with Gasteiger partial charge in [0.25, 0.3) is 0 Å². The van der Waals surface area contributed by atoms with Crippen molar-refractivity contribution in [2.45, 2.75) is 37.8 Å². The van der Waals surface area contributed by atoms with Gasteiger partial charge in [0.2, 0.25) is 5.88 Å². The zero-order valence-electron chi connectivity index (χ0n) is 11.7. The molecule has 0 aliphatic heterocycles. The molecule has 0 fully saturated rings. The Morgan fingerprint density at radius 1 is 1.42 bits per heavy atom. The third-order valence-electron chi connectivity index (χ3n) is 2.05. The van der Waals surface area contributed by atoms with Crippen molar-refractivity contribution in [1.29, 1.82) is 0 Å². The molecule has 0 aromatic carbocycles. The van der Waals surface area contributed by atoms with Crippen LogP contribution >= 0.6 is 11.8 Å². The van der Waals surface area contributed by atoms with E-state index in [1.54, 1.807) is 6.07 Å². The second-order valence-corrected chi connectivity index (χ2v) is 6.05. The minimum absolute atomic E-state index is 0.228. The van der Waals surface area contributed by atoms with Crippen LogP contribution in [0.3, 0.4) is 0 Å². The molecule has 0 amide bonds. The average molecular weight is 284 g/mol. The maximum absolute atomic E-state index is 11.0. The minimum atomic E-state index is -0.351. The first kappa shape index (κ1) is 15.6. The standard InChI is InChI=1S/C13H20N2O3S/c1-13(2,3)18-12-9(14)5-6-10(15-12)19-8-7-11(16)17-4/h5-6H,7-8,14H2,1-4H3. The highest BCUT2D eigenvalue weighted by Crippen LogP contribution is 2.27. The van der Waals surface area contributed by atoms with Crippen LogP contribution in [0.2, 0.25) is 0 Å². The zero-order chi connectivity index (χ0) is 14.5. The van der Waals surface area contributed by atoms with E-state index in [1.807, 2.05) is 26.8 Å². The molecule has 1 aromatic heterocycles. The predicted molar refractivity (Wildman–Crippen MR) is 76.4 cm³/mol. The van der Waals surface area contributed by atoms with Crippen molar-refractivity contribution in [3.05, 3.63) is 12.1 Å². The number of rotatable bonds is 5. The first-order chi connectivity index (χ1) is 8.81. The smallest absolute Gasteiger partial charge is 0.306 e. The molecule has 0 aliphatic rings. The first-order valence-corrected chi connectivity index (χ1v) is 6.95. The van der Waals surface area contributed by atoms with Crippen LogP contribution in [-0.2, 0) is 9.53 Å². The van der Waals surface area contributed by atoms with E-state index in [0.717, 1.165) is 5.03 Å². The summed E-state index contributed by atoms with van der Waals surface area (Å²) in [6, 6.07) is 3.57. The van der Waals surface area contributed by atoms with E-state index in [1.165, 1.54) is 18.9 Å². The Morgan fingerprint density at radius 2 is 2.11 bits per heavy atom. The van der Waals surface area contributed by atoms with Crippen LogP contribution in [0.15, 0.2) is 17.2 Å². The predicted octanol–water partition coefficient (Wildman–Crippen LogP) is 2.50. The number of nitrogens with two attached hydrogens (primary N) is 1. The molecular formula is C13H20N2O3S. The van der Waals surface area contributed by atoms with E-state index in [4.69, 9.17) is 10.5 Å². The summed E-state index contributed by atoms with van der Waals surface area (Å²) >= 11 is 1.47. The molecule has 0 spiro atoms. The van der Waals surface area contributed by atoms with Gasteiger partial charge in [0.15, 0.2) is 0 Å². The molecule has 0 saturated carbocycles. The Kier molecular flexibility index (Phi) is 5.47. The molecule has 19 heavy (non-hydrogen) atoms. The number of carbonyl (C=O) groups is 1. The van der Waals surface area contributed by atoms with Crippen molar-refractivity contribution in [1.82, 2.24) is 4.98 Å². The molecule has 0 unspecified atom stereocenters. The van der Waals surface area contributed by atoms with Crippen LogP contribution in [0.25, 0.3) is 0 Å². The van der Waals surface area contributed by atoms with Crippen molar-refractivity contribution >= 4 is 23.4 Å². The van der Waals surface area contributed by atoms with Gasteiger partial charge in [-0.2, -0.15) is 0 Å². The SMILES string of the molecule is COC(=O)CCSc1ccc(N)c(OC(C)(C)C)n1. The van der Waals surface area contributed by atoms with Crippen LogP contribution in [0.1, 0.15) is 27.2 Å². The number of nitrogens with zero attached hydrogens (tertiary/aromatic N) is 1. The van der Waals surface area contributed by atoms with Crippen LogP contribution in [0.5, 0.6) is 5.88 Å². The Balaban J connectivity index is 2.65. The summed E-state index contributed by atoms with van der Waals surface area (Å²) in [4.78, 5) is 15.4. The van der Waals surface area contributed by atoms with E-state index in [0.29, 0.717) is 23.7 Å². The maximum atomic E-state index is 11.0. The molecule has 106 valence electrons. The molecule has 0 saturated heterocycles. The maximum Gasteiger partial charge on any atom is 0.306 e. The molecular weight excluding hydrogens is 264 g/mol. The summed E-state index contributed by atoms with van der Waals surface area (Å²) < 4.78 is 10.3. The topological polar surface area (TPSA) is 74.4 Å².